The number of aromatic nitrogens is 1. The molecule has 14 heteroatoms. The molecule has 3 aromatic rings. The molecule has 0 aliphatic carbocycles. The normalized spacial score (nSPS) is 13.5. The van der Waals surface area contributed by atoms with E-state index in [1.807, 2.05) is 31.7 Å². The zero-order valence-electron chi connectivity index (χ0n) is 29.7. The van der Waals surface area contributed by atoms with Gasteiger partial charge in [-0.3, -0.25) is 19.9 Å². The number of carbonyl (C=O) groups excluding carboxylic acids is 4. The number of nitrogens with zero attached hydrogens (tertiary/aromatic N) is 3. The number of hydrogen-bond donors (Lipinski definition) is 1. The number of aldehydes is 1. The second-order valence-electron chi connectivity index (χ2n) is 11.0. The van der Waals surface area contributed by atoms with Crippen molar-refractivity contribution in [1.82, 2.24) is 13.9 Å². The number of carbonyl (C=O) groups is 4. The van der Waals surface area contributed by atoms with Gasteiger partial charge in [0, 0.05) is 38.3 Å². The number of hydrogen-bond acceptors (Lipinski definition) is 10. The molecule has 50 heavy (non-hydrogen) atoms. The third kappa shape index (κ3) is 9.37. The molecule has 1 aliphatic heterocycles. The maximum atomic E-state index is 13.8. The number of benzene rings is 2. The SMILES string of the molecule is CC.CCCc1c(C=O)c(C)c(C(=O)OCC)n1NC(=O)c1cc(S(=O)(=O)N2CCN(CCOC(=O)c3ccccc3)CC2)ccc1OCC. The van der Waals surface area contributed by atoms with Crippen LogP contribution in [0, 0.1) is 6.92 Å². The second-order valence-corrected chi connectivity index (χ2v) is 13.0. The lowest BCUT2D eigenvalue weighted by atomic mass is 10.1. The van der Waals surface area contributed by atoms with E-state index in [0.29, 0.717) is 55.6 Å². The number of esters is 2. The van der Waals surface area contributed by atoms with E-state index < -0.39 is 27.9 Å². The molecule has 1 N–H and O–H groups in total. The van der Waals surface area contributed by atoms with Crippen LogP contribution in [0.3, 0.4) is 0 Å². The fourth-order valence-electron chi connectivity index (χ4n) is 5.53. The van der Waals surface area contributed by atoms with Gasteiger partial charge in [0.05, 0.1) is 34.9 Å². The number of piperazine rings is 1. The lowest BCUT2D eigenvalue weighted by Crippen LogP contribution is -2.49. The number of nitrogens with one attached hydrogen (secondary N) is 1. The highest BCUT2D eigenvalue weighted by atomic mass is 32.2. The van der Waals surface area contributed by atoms with Crippen LogP contribution in [0.4, 0.5) is 0 Å². The highest BCUT2D eigenvalue weighted by Crippen LogP contribution is 2.28. The van der Waals surface area contributed by atoms with Crippen LogP contribution in [0.1, 0.15) is 93.9 Å². The zero-order chi connectivity index (χ0) is 36.8. The fraction of sp³-hybridized carbons (Fsp3) is 0.444. The molecule has 0 atom stereocenters. The maximum absolute atomic E-state index is 13.8. The van der Waals surface area contributed by atoms with Crippen molar-refractivity contribution in [2.24, 2.45) is 0 Å². The summed E-state index contributed by atoms with van der Waals surface area (Å²) in [6.45, 7) is 13.1. The molecule has 2 aromatic carbocycles. The number of sulfonamides is 1. The molecule has 1 fully saturated rings. The molecule has 13 nitrogen and oxygen atoms in total. The van der Waals surface area contributed by atoms with Crippen molar-refractivity contribution >= 4 is 34.2 Å². The van der Waals surface area contributed by atoms with E-state index in [2.05, 4.69) is 5.43 Å². The summed E-state index contributed by atoms with van der Waals surface area (Å²) in [4.78, 5) is 53.0. The Morgan fingerprint density at radius 2 is 1.58 bits per heavy atom. The highest BCUT2D eigenvalue weighted by molar-refractivity contribution is 7.89. The number of rotatable bonds is 15. The average molecular weight is 713 g/mol. The molecule has 0 unspecified atom stereocenters. The van der Waals surface area contributed by atoms with Gasteiger partial charge in [-0.2, -0.15) is 4.31 Å². The summed E-state index contributed by atoms with van der Waals surface area (Å²) in [5, 5.41) is 0. The molecule has 0 saturated carbocycles. The van der Waals surface area contributed by atoms with Gasteiger partial charge in [-0.05, 0) is 63.1 Å². The summed E-state index contributed by atoms with van der Waals surface area (Å²) < 4.78 is 46.4. The standard InChI is InChI=1S/C34H42N4O9S.C2H6/c1-5-11-29-28(23-39)24(4)31(34(42)46-7-3)38(29)35-32(40)27-22-26(14-15-30(27)45-6-2)48(43,44)37-18-16-36(17-19-37)20-21-47-33(41)25-12-9-8-10-13-25;1-2/h8-10,12-15,22-23H,5-7,11,16-21H2,1-4H3,(H,35,40);1-2H3. The number of amides is 1. The molecule has 1 aliphatic rings. The van der Waals surface area contributed by atoms with E-state index in [9.17, 15) is 27.6 Å². The fourth-order valence-corrected chi connectivity index (χ4v) is 6.98. The second kappa shape index (κ2) is 19.0. The lowest BCUT2D eigenvalue weighted by molar-refractivity contribution is 0.0443. The molecule has 0 radical (unpaired) electrons. The first-order valence-corrected chi connectivity index (χ1v) is 18.4. The van der Waals surface area contributed by atoms with E-state index in [0.717, 1.165) is 0 Å². The van der Waals surface area contributed by atoms with Gasteiger partial charge in [-0.1, -0.05) is 45.4 Å². The van der Waals surface area contributed by atoms with E-state index in [1.54, 1.807) is 45.0 Å². The monoisotopic (exact) mass is 712 g/mol. The smallest absolute Gasteiger partial charge is 0.357 e. The number of ether oxygens (including phenoxy) is 3. The van der Waals surface area contributed by atoms with Crippen molar-refractivity contribution < 1.29 is 41.8 Å². The topological polar surface area (TPSA) is 154 Å². The highest BCUT2D eigenvalue weighted by Gasteiger charge is 2.31. The van der Waals surface area contributed by atoms with Crippen molar-refractivity contribution in [2.75, 3.05) is 58.0 Å². The predicted molar refractivity (Wildman–Crippen MR) is 189 cm³/mol. The average Bonchev–Trinajstić information content (AvgIpc) is 3.39. The van der Waals surface area contributed by atoms with Gasteiger partial charge in [0.15, 0.2) is 12.0 Å². The summed E-state index contributed by atoms with van der Waals surface area (Å²) in [7, 11) is -4.01. The van der Waals surface area contributed by atoms with Gasteiger partial charge in [-0.25, -0.2) is 22.7 Å². The van der Waals surface area contributed by atoms with Gasteiger partial charge in [0.2, 0.25) is 10.0 Å². The largest absolute Gasteiger partial charge is 0.493 e. The van der Waals surface area contributed by atoms with Gasteiger partial charge in [0.1, 0.15) is 12.4 Å². The molecule has 4 rings (SSSR count). The summed E-state index contributed by atoms with van der Waals surface area (Å²) in [5.74, 6) is -1.71. The van der Waals surface area contributed by atoms with Crippen LogP contribution in [-0.2, 0) is 25.9 Å². The molecule has 2 heterocycles. The maximum Gasteiger partial charge on any atom is 0.357 e. The van der Waals surface area contributed by atoms with Crippen LogP contribution in [0.15, 0.2) is 53.4 Å². The molecular weight excluding hydrogens is 664 g/mol. The van der Waals surface area contributed by atoms with Crippen LogP contribution in [-0.4, -0.2) is 99.0 Å². The summed E-state index contributed by atoms with van der Waals surface area (Å²) in [6.07, 6.45) is 1.64. The predicted octanol–water partition coefficient (Wildman–Crippen LogP) is 4.71. The Hall–Kier alpha value is -4.53. The van der Waals surface area contributed by atoms with Crippen LogP contribution >= 0.6 is 0 Å². The van der Waals surface area contributed by atoms with E-state index >= 15 is 0 Å². The minimum absolute atomic E-state index is 0.00480. The van der Waals surface area contributed by atoms with E-state index in [4.69, 9.17) is 14.2 Å². The van der Waals surface area contributed by atoms with Gasteiger partial charge in [0.25, 0.3) is 5.91 Å². The van der Waals surface area contributed by atoms with Crippen LogP contribution in [0.5, 0.6) is 5.75 Å². The van der Waals surface area contributed by atoms with Crippen LogP contribution in [0.2, 0.25) is 0 Å². The minimum atomic E-state index is -4.01. The first kappa shape index (κ1) is 39.9. The first-order chi connectivity index (χ1) is 24.1. The Morgan fingerprint density at radius 1 is 0.900 bits per heavy atom. The molecule has 1 saturated heterocycles. The van der Waals surface area contributed by atoms with Crippen molar-refractivity contribution in [3.8, 4) is 5.75 Å². The third-order valence-electron chi connectivity index (χ3n) is 7.97. The summed E-state index contributed by atoms with van der Waals surface area (Å²) in [6, 6.07) is 12.8. The van der Waals surface area contributed by atoms with Crippen molar-refractivity contribution in [1.29, 1.82) is 0 Å². The molecule has 1 aromatic heterocycles. The van der Waals surface area contributed by atoms with Crippen molar-refractivity contribution in [3.05, 3.63) is 82.2 Å². The van der Waals surface area contributed by atoms with Gasteiger partial charge >= 0.3 is 11.9 Å². The summed E-state index contributed by atoms with van der Waals surface area (Å²) in [5.41, 5.74) is 4.17. The zero-order valence-corrected chi connectivity index (χ0v) is 30.5. The van der Waals surface area contributed by atoms with Crippen LogP contribution in [0.25, 0.3) is 0 Å². The lowest BCUT2D eigenvalue weighted by Gasteiger charge is -2.33. The van der Waals surface area contributed by atoms with Gasteiger partial charge < -0.3 is 14.2 Å². The third-order valence-corrected chi connectivity index (χ3v) is 9.86. The molecule has 0 spiro atoms. The van der Waals surface area contributed by atoms with Crippen molar-refractivity contribution in [3.63, 3.8) is 0 Å². The molecule has 272 valence electrons. The first-order valence-electron chi connectivity index (χ1n) is 17.0. The Labute approximate surface area is 294 Å². The summed E-state index contributed by atoms with van der Waals surface area (Å²) >= 11 is 0. The molecule has 1 amide bonds. The van der Waals surface area contributed by atoms with E-state index in [-0.39, 0.29) is 60.4 Å². The van der Waals surface area contributed by atoms with E-state index in [1.165, 1.54) is 27.2 Å². The van der Waals surface area contributed by atoms with Crippen LogP contribution < -0.4 is 10.2 Å². The quantitative estimate of drug-likeness (QED) is 0.173. The van der Waals surface area contributed by atoms with Crippen molar-refractivity contribution in [2.45, 2.75) is 59.3 Å². The Kier molecular flexibility index (Phi) is 15.2. The van der Waals surface area contributed by atoms with Gasteiger partial charge in [-0.15, -0.1) is 0 Å². The Balaban J connectivity index is 0.00000332. The molecular formula is C36H48N4O9S. The Bertz CT molecular complexity index is 1730. The minimum Gasteiger partial charge on any atom is -0.493 e. The molecule has 0 bridgehead atoms. The Morgan fingerprint density at radius 3 is 2.18 bits per heavy atom.